The third kappa shape index (κ3) is 6.12. The van der Waals surface area contributed by atoms with Gasteiger partial charge in [0, 0.05) is 36.7 Å². The number of halogens is 1. The summed E-state index contributed by atoms with van der Waals surface area (Å²) >= 11 is 1.63. The highest BCUT2D eigenvalue weighted by Gasteiger charge is 2.21. The zero-order valence-corrected chi connectivity index (χ0v) is 16.7. The van der Waals surface area contributed by atoms with E-state index in [0.717, 1.165) is 31.1 Å². The second-order valence-corrected chi connectivity index (χ2v) is 7.89. The molecule has 1 fully saturated rings. The number of hydrogen-bond acceptors (Lipinski definition) is 5. The number of hydrogen-bond donors (Lipinski definition) is 2. The van der Waals surface area contributed by atoms with E-state index in [1.54, 1.807) is 23.5 Å². The number of rotatable bonds is 7. The van der Waals surface area contributed by atoms with Gasteiger partial charge in [0.2, 0.25) is 11.8 Å². The lowest BCUT2D eigenvalue weighted by atomic mass is 10.2. The summed E-state index contributed by atoms with van der Waals surface area (Å²) in [5.41, 5.74) is 0.585. The number of amides is 2. The molecule has 2 heterocycles. The van der Waals surface area contributed by atoms with Crippen LogP contribution in [0.4, 0.5) is 10.1 Å². The van der Waals surface area contributed by atoms with Crippen molar-refractivity contribution in [1.82, 2.24) is 15.1 Å². The fraction of sp³-hybridized carbons (Fsp3) is 0.400. The molecule has 1 aromatic heterocycles. The molecule has 0 unspecified atom stereocenters. The van der Waals surface area contributed by atoms with Gasteiger partial charge in [-0.1, -0.05) is 6.07 Å². The van der Waals surface area contributed by atoms with Gasteiger partial charge in [-0.15, -0.1) is 11.3 Å². The van der Waals surface area contributed by atoms with Crippen LogP contribution in [0.1, 0.15) is 17.8 Å². The Bertz CT molecular complexity index is 774. The van der Waals surface area contributed by atoms with E-state index >= 15 is 0 Å². The van der Waals surface area contributed by atoms with Crippen LogP contribution in [0.3, 0.4) is 0 Å². The molecule has 0 spiro atoms. The normalized spacial score (nSPS) is 16.5. The topological polar surface area (TPSA) is 64.7 Å². The van der Waals surface area contributed by atoms with Crippen molar-refractivity contribution in [2.75, 3.05) is 44.6 Å². The molecule has 0 radical (unpaired) electrons. The van der Waals surface area contributed by atoms with Crippen LogP contribution in [0.15, 0.2) is 41.8 Å². The molecule has 1 aliphatic heterocycles. The van der Waals surface area contributed by atoms with Crippen LogP contribution < -0.4 is 10.6 Å². The summed E-state index contributed by atoms with van der Waals surface area (Å²) < 4.78 is 12.9. The van der Waals surface area contributed by atoms with Crippen LogP contribution in [0.25, 0.3) is 0 Å². The third-order valence-corrected chi connectivity index (χ3v) is 5.73. The fourth-order valence-corrected chi connectivity index (χ4v) is 3.88. The average molecular weight is 405 g/mol. The van der Waals surface area contributed by atoms with E-state index in [0.29, 0.717) is 12.2 Å². The van der Waals surface area contributed by atoms with Crippen molar-refractivity contribution in [3.8, 4) is 0 Å². The highest BCUT2D eigenvalue weighted by Crippen LogP contribution is 2.18. The van der Waals surface area contributed by atoms with Crippen molar-refractivity contribution in [3.63, 3.8) is 0 Å². The number of piperazine rings is 1. The summed E-state index contributed by atoms with van der Waals surface area (Å²) in [5, 5.41) is 7.80. The van der Waals surface area contributed by atoms with E-state index in [2.05, 4.69) is 20.4 Å². The first-order chi connectivity index (χ1) is 13.5. The quantitative estimate of drug-likeness (QED) is 0.743. The number of benzene rings is 1. The van der Waals surface area contributed by atoms with E-state index in [1.807, 2.05) is 24.4 Å². The lowest BCUT2D eigenvalue weighted by Gasteiger charge is -2.34. The molecule has 6 nitrogen and oxygen atoms in total. The van der Waals surface area contributed by atoms with Gasteiger partial charge in [-0.3, -0.25) is 19.4 Å². The largest absolute Gasteiger partial charge is 0.348 e. The number of nitrogens with one attached hydrogen (secondary N) is 2. The SMILES string of the molecule is C[C@H](NC(=O)CN1CCN(CC(=O)Nc2ccc(F)cc2)CC1)c1cccs1. The zero-order chi connectivity index (χ0) is 19.9. The minimum atomic E-state index is -0.331. The van der Waals surface area contributed by atoms with Crippen molar-refractivity contribution in [2.24, 2.45) is 0 Å². The van der Waals surface area contributed by atoms with Crippen molar-refractivity contribution in [3.05, 3.63) is 52.5 Å². The van der Waals surface area contributed by atoms with E-state index < -0.39 is 0 Å². The molecule has 28 heavy (non-hydrogen) atoms. The van der Waals surface area contributed by atoms with Crippen LogP contribution in [-0.2, 0) is 9.59 Å². The van der Waals surface area contributed by atoms with Gasteiger partial charge in [-0.2, -0.15) is 0 Å². The van der Waals surface area contributed by atoms with E-state index in [9.17, 15) is 14.0 Å². The van der Waals surface area contributed by atoms with Crippen LogP contribution >= 0.6 is 11.3 Å². The second kappa shape index (κ2) is 9.77. The van der Waals surface area contributed by atoms with Crippen LogP contribution in [0.2, 0.25) is 0 Å². The van der Waals surface area contributed by atoms with E-state index in [-0.39, 0.29) is 30.2 Å². The molecule has 1 atom stereocenters. The Kier molecular flexibility index (Phi) is 7.13. The Morgan fingerprint density at radius 1 is 1.04 bits per heavy atom. The summed E-state index contributed by atoms with van der Waals surface area (Å²) in [7, 11) is 0. The summed E-state index contributed by atoms with van der Waals surface area (Å²) in [4.78, 5) is 29.7. The van der Waals surface area contributed by atoms with Gasteiger partial charge < -0.3 is 10.6 Å². The molecule has 1 saturated heterocycles. The molecular formula is C20H25FN4O2S. The Balaban J connectivity index is 1.36. The van der Waals surface area contributed by atoms with E-state index in [1.165, 1.54) is 12.1 Å². The first-order valence-electron chi connectivity index (χ1n) is 9.32. The Morgan fingerprint density at radius 3 is 2.21 bits per heavy atom. The molecule has 0 saturated carbocycles. The van der Waals surface area contributed by atoms with Crippen LogP contribution in [-0.4, -0.2) is 60.9 Å². The first-order valence-corrected chi connectivity index (χ1v) is 10.2. The standard InChI is InChI=1S/C20H25FN4O2S/c1-15(18-3-2-12-28-18)22-19(26)13-24-8-10-25(11-9-24)14-20(27)23-17-6-4-16(21)5-7-17/h2-7,12,15H,8-11,13-14H2,1H3,(H,22,26)(H,23,27)/t15-/m0/s1. The number of thiophene rings is 1. The van der Waals surface area contributed by atoms with Gasteiger partial charge in [0.05, 0.1) is 19.1 Å². The number of nitrogens with zero attached hydrogens (tertiary/aromatic N) is 2. The van der Waals surface area contributed by atoms with Gasteiger partial charge in [0.1, 0.15) is 5.82 Å². The molecule has 1 aromatic carbocycles. The predicted octanol–water partition coefficient (Wildman–Crippen LogP) is 2.32. The molecule has 0 aliphatic carbocycles. The Labute approximate surface area is 168 Å². The monoisotopic (exact) mass is 404 g/mol. The summed E-state index contributed by atoms with van der Waals surface area (Å²) in [6, 6.07) is 9.74. The van der Waals surface area contributed by atoms with Crippen molar-refractivity contribution in [2.45, 2.75) is 13.0 Å². The number of anilines is 1. The third-order valence-electron chi connectivity index (χ3n) is 4.67. The average Bonchev–Trinajstić information content (AvgIpc) is 3.20. The maximum Gasteiger partial charge on any atom is 0.238 e. The maximum atomic E-state index is 12.9. The highest BCUT2D eigenvalue weighted by molar-refractivity contribution is 7.10. The lowest BCUT2D eigenvalue weighted by molar-refractivity contribution is -0.124. The molecular weight excluding hydrogens is 379 g/mol. The summed E-state index contributed by atoms with van der Waals surface area (Å²) in [6.45, 7) is 5.57. The lowest BCUT2D eigenvalue weighted by Crippen LogP contribution is -2.51. The Hall–Kier alpha value is -2.29. The van der Waals surface area contributed by atoms with Crippen molar-refractivity contribution in [1.29, 1.82) is 0 Å². The summed E-state index contributed by atoms with van der Waals surface area (Å²) in [6.07, 6.45) is 0. The van der Waals surface area contributed by atoms with Crippen molar-refractivity contribution >= 4 is 28.8 Å². The van der Waals surface area contributed by atoms with Gasteiger partial charge in [-0.25, -0.2) is 4.39 Å². The second-order valence-electron chi connectivity index (χ2n) is 6.91. The summed E-state index contributed by atoms with van der Waals surface area (Å²) in [5.74, 6) is -0.436. The molecule has 2 aromatic rings. The maximum absolute atomic E-state index is 12.9. The number of carbonyl (C=O) groups excluding carboxylic acids is 2. The molecule has 8 heteroatoms. The van der Waals surface area contributed by atoms with Gasteiger partial charge in [0.25, 0.3) is 0 Å². The number of carbonyl (C=O) groups is 2. The predicted molar refractivity (Wildman–Crippen MR) is 109 cm³/mol. The Morgan fingerprint density at radius 2 is 1.64 bits per heavy atom. The highest BCUT2D eigenvalue weighted by atomic mass is 32.1. The molecule has 150 valence electrons. The molecule has 0 bridgehead atoms. The van der Waals surface area contributed by atoms with Gasteiger partial charge in [-0.05, 0) is 42.6 Å². The smallest absolute Gasteiger partial charge is 0.238 e. The van der Waals surface area contributed by atoms with Crippen LogP contribution in [0, 0.1) is 5.82 Å². The van der Waals surface area contributed by atoms with Gasteiger partial charge in [0.15, 0.2) is 0 Å². The van der Waals surface area contributed by atoms with Crippen molar-refractivity contribution < 1.29 is 14.0 Å². The zero-order valence-electron chi connectivity index (χ0n) is 15.9. The molecule has 1 aliphatic rings. The van der Waals surface area contributed by atoms with Crippen LogP contribution in [0.5, 0.6) is 0 Å². The molecule has 3 rings (SSSR count). The minimum Gasteiger partial charge on any atom is -0.348 e. The molecule has 2 amide bonds. The first kappa shape index (κ1) is 20.4. The molecule has 2 N–H and O–H groups in total. The van der Waals surface area contributed by atoms with E-state index in [4.69, 9.17) is 0 Å². The fourth-order valence-electron chi connectivity index (χ4n) is 3.14. The van der Waals surface area contributed by atoms with Gasteiger partial charge >= 0.3 is 0 Å². The minimum absolute atomic E-state index is 0.0170.